The second kappa shape index (κ2) is 9.28. The zero-order valence-electron chi connectivity index (χ0n) is 18.2. The molecule has 0 aliphatic carbocycles. The van der Waals surface area contributed by atoms with E-state index in [1.54, 1.807) is 12.3 Å². The smallest absolute Gasteiger partial charge is 0.247 e. The maximum Gasteiger partial charge on any atom is 0.247 e. The van der Waals surface area contributed by atoms with Crippen LogP contribution in [0.2, 0.25) is 0 Å². The standard InChI is InChI=1S/C24H22FN7O2/c1-2-21(33)27-18-11-15(10-16(25)12-18)22-20-14-26-31-23(20)30-24(29-22)28-17-4-3-5-19(13-17)32-6-8-34-9-7-32/h2-5,10-14H,1,6-9H2,(H,27,33)(H2,26,28,29,30,31). The summed E-state index contributed by atoms with van der Waals surface area (Å²) in [5.41, 5.74) is 3.62. The Morgan fingerprint density at radius 1 is 1.15 bits per heavy atom. The fraction of sp³-hybridized carbons (Fsp3) is 0.167. The van der Waals surface area contributed by atoms with E-state index in [-0.39, 0.29) is 0 Å². The molecule has 0 saturated carbocycles. The lowest BCUT2D eigenvalue weighted by atomic mass is 10.1. The third kappa shape index (κ3) is 4.57. The van der Waals surface area contributed by atoms with E-state index in [9.17, 15) is 9.18 Å². The highest BCUT2D eigenvalue weighted by Gasteiger charge is 2.15. The number of hydrogen-bond acceptors (Lipinski definition) is 7. The van der Waals surface area contributed by atoms with Crippen LogP contribution in [0, 0.1) is 5.82 Å². The summed E-state index contributed by atoms with van der Waals surface area (Å²) < 4.78 is 19.8. The van der Waals surface area contributed by atoms with Gasteiger partial charge in [-0.25, -0.2) is 9.37 Å². The first-order valence-electron chi connectivity index (χ1n) is 10.7. The molecule has 5 rings (SSSR count). The van der Waals surface area contributed by atoms with E-state index in [0.717, 1.165) is 30.5 Å². The Balaban J connectivity index is 1.50. The van der Waals surface area contributed by atoms with Gasteiger partial charge in [0.25, 0.3) is 0 Å². The minimum absolute atomic E-state index is 0.294. The van der Waals surface area contributed by atoms with E-state index in [1.807, 2.05) is 24.3 Å². The van der Waals surface area contributed by atoms with E-state index >= 15 is 0 Å². The van der Waals surface area contributed by atoms with Crippen molar-refractivity contribution < 1.29 is 13.9 Å². The zero-order chi connectivity index (χ0) is 23.5. The molecule has 1 amide bonds. The molecule has 3 heterocycles. The van der Waals surface area contributed by atoms with Crippen LogP contribution in [0.3, 0.4) is 0 Å². The number of halogens is 1. The predicted octanol–water partition coefficient (Wildman–Crippen LogP) is 3.86. The number of morpholine rings is 1. The van der Waals surface area contributed by atoms with Gasteiger partial charge >= 0.3 is 0 Å². The van der Waals surface area contributed by atoms with Gasteiger partial charge in [-0.2, -0.15) is 10.1 Å². The Hall–Kier alpha value is -4.31. The van der Waals surface area contributed by atoms with Crippen LogP contribution >= 0.6 is 0 Å². The van der Waals surface area contributed by atoms with Crippen LogP contribution in [0.25, 0.3) is 22.3 Å². The van der Waals surface area contributed by atoms with Gasteiger partial charge < -0.3 is 20.3 Å². The second-order valence-electron chi connectivity index (χ2n) is 7.72. The average molecular weight is 459 g/mol. The van der Waals surface area contributed by atoms with Gasteiger partial charge in [0.15, 0.2) is 5.65 Å². The summed E-state index contributed by atoms with van der Waals surface area (Å²) in [4.78, 5) is 23.1. The number of fused-ring (bicyclic) bond motifs is 1. The number of benzene rings is 2. The molecular weight excluding hydrogens is 437 g/mol. The number of nitrogens with zero attached hydrogens (tertiary/aromatic N) is 4. The van der Waals surface area contributed by atoms with Crippen molar-refractivity contribution in [3.05, 3.63) is 67.1 Å². The van der Waals surface area contributed by atoms with Crippen LogP contribution < -0.4 is 15.5 Å². The van der Waals surface area contributed by atoms with Crippen molar-refractivity contribution in [3.63, 3.8) is 0 Å². The molecule has 0 atom stereocenters. The molecule has 0 bridgehead atoms. The maximum atomic E-state index is 14.4. The lowest BCUT2D eigenvalue weighted by Crippen LogP contribution is -2.36. The fourth-order valence-corrected chi connectivity index (χ4v) is 3.83. The van der Waals surface area contributed by atoms with Gasteiger partial charge in [0.2, 0.25) is 11.9 Å². The molecule has 0 spiro atoms. The van der Waals surface area contributed by atoms with Gasteiger partial charge in [-0.05, 0) is 42.5 Å². The summed E-state index contributed by atoms with van der Waals surface area (Å²) in [5, 5.41) is 13.4. The normalized spacial score (nSPS) is 13.6. The van der Waals surface area contributed by atoms with E-state index in [1.165, 1.54) is 12.1 Å². The number of rotatable bonds is 6. The highest BCUT2D eigenvalue weighted by atomic mass is 19.1. The molecule has 172 valence electrons. The van der Waals surface area contributed by atoms with Gasteiger partial charge in [-0.15, -0.1) is 0 Å². The monoisotopic (exact) mass is 459 g/mol. The Bertz CT molecular complexity index is 1360. The van der Waals surface area contributed by atoms with Crippen molar-refractivity contribution in [1.82, 2.24) is 20.2 Å². The Labute approximate surface area is 194 Å². The average Bonchev–Trinajstić information content (AvgIpc) is 3.32. The summed E-state index contributed by atoms with van der Waals surface area (Å²) in [6, 6.07) is 12.2. The number of aromatic nitrogens is 4. The molecule has 1 saturated heterocycles. The van der Waals surface area contributed by atoms with Gasteiger partial charge in [0.05, 0.1) is 30.5 Å². The van der Waals surface area contributed by atoms with E-state index in [2.05, 4.69) is 42.3 Å². The first kappa shape index (κ1) is 21.5. The first-order chi connectivity index (χ1) is 16.6. The summed E-state index contributed by atoms with van der Waals surface area (Å²) in [6.45, 7) is 6.48. The van der Waals surface area contributed by atoms with Crippen molar-refractivity contribution in [1.29, 1.82) is 0 Å². The number of amides is 1. The summed E-state index contributed by atoms with van der Waals surface area (Å²) in [6.07, 6.45) is 2.71. The number of nitrogens with one attached hydrogen (secondary N) is 3. The SMILES string of the molecule is C=CC(=O)Nc1cc(F)cc(-c2nc(Nc3cccc(N4CCOCC4)c3)nc3[nH]ncc23)c1. The molecule has 1 fully saturated rings. The number of carbonyl (C=O) groups excluding carboxylic acids is 1. The lowest BCUT2D eigenvalue weighted by molar-refractivity contribution is -0.111. The van der Waals surface area contributed by atoms with Crippen molar-refractivity contribution in [2.45, 2.75) is 0 Å². The number of H-pyrrole nitrogens is 1. The van der Waals surface area contributed by atoms with Crippen LogP contribution in [-0.2, 0) is 9.53 Å². The zero-order valence-corrected chi connectivity index (χ0v) is 18.2. The predicted molar refractivity (Wildman–Crippen MR) is 129 cm³/mol. The largest absolute Gasteiger partial charge is 0.378 e. The number of anilines is 4. The molecule has 34 heavy (non-hydrogen) atoms. The van der Waals surface area contributed by atoms with Crippen LogP contribution in [0.4, 0.5) is 27.4 Å². The number of aromatic amines is 1. The number of hydrogen-bond donors (Lipinski definition) is 3. The molecule has 0 radical (unpaired) electrons. The van der Waals surface area contributed by atoms with E-state index in [4.69, 9.17) is 4.74 Å². The highest BCUT2D eigenvalue weighted by Crippen LogP contribution is 2.30. The number of carbonyl (C=O) groups is 1. The Morgan fingerprint density at radius 3 is 2.82 bits per heavy atom. The highest BCUT2D eigenvalue weighted by molar-refractivity contribution is 6.00. The van der Waals surface area contributed by atoms with Crippen LogP contribution in [0.15, 0.2) is 61.3 Å². The fourth-order valence-electron chi connectivity index (χ4n) is 3.83. The molecule has 9 nitrogen and oxygen atoms in total. The Kier molecular flexibility index (Phi) is 5.88. The quantitative estimate of drug-likeness (QED) is 0.376. The van der Waals surface area contributed by atoms with E-state index in [0.29, 0.717) is 47.1 Å². The topological polar surface area (TPSA) is 108 Å². The molecule has 1 aliphatic heterocycles. The number of ether oxygens (including phenoxy) is 1. The minimum Gasteiger partial charge on any atom is -0.378 e. The third-order valence-electron chi connectivity index (χ3n) is 5.41. The molecule has 2 aromatic carbocycles. The molecule has 4 aromatic rings. The van der Waals surface area contributed by atoms with Gasteiger partial charge in [-0.3, -0.25) is 9.89 Å². The molecule has 1 aliphatic rings. The van der Waals surface area contributed by atoms with Crippen molar-refractivity contribution in [2.75, 3.05) is 41.8 Å². The van der Waals surface area contributed by atoms with Crippen molar-refractivity contribution >= 4 is 40.0 Å². The van der Waals surface area contributed by atoms with Crippen LogP contribution in [-0.4, -0.2) is 52.4 Å². The van der Waals surface area contributed by atoms with Gasteiger partial charge in [-0.1, -0.05) is 12.6 Å². The summed E-state index contributed by atoms with van der Waals surface area (Å²) >= 11 is 0. The summed E-state index contributed by atoms with van der Waals surface area (Å²) in [5.74, 6) is -0.623. The lowest BCUT2D eigenvalue weighted by Gasteiger charge is -2.29. The van der Waals surface area contributed by atoms with Crippen molar-refractivity contribution in [3.8, 4) is 11.3 Å². The summed E-state index contributed by atoms with van der Waals surface area (Å²) in [7, 11) is 0. The molecule has 0 unspecified atom stereocenters. The second-order valence-corrected chi connectivity index (χ2v) is 7.72. The molecular formula is C24H22FN7O2. The van der Waals surface area contributed by atoms with Crippen LogP contribution in [0.5, 0.6) is 0 Å². The first-order valence-corrected chi connectivity index (χ1v) is 10.7. The minimum atomic E-state index is -0.514. The van der Waals surface area contributed by atoms with E-state index < -0.39 is 11.7 Å². The Morgan fingerprint density at radius 2 is 2.00 bits per heavy atom. The molecule has 2 aromatic heterocycles. The van der Waals surface area contributed by atoms with Crippen molar-refractivity contribution in [2.24, 2.45) is 0 Å². The van der Waals surface area contributed by atoms with Gasteiger partial charge in [0.1, 0.15) is 5.82 Å². The van der Waals surface area contributed by atoms with Gasteiger partial charge in [0, 0.05) is 35.7 Å². The third-order valence-corrected chi connectivity index (χ3v) is 5.41. The maximum absolute atomic E-state index is 14.4. The molecule has 10 heteroatoms. The molecule has 3 N–H and O–H groups in total. The van der Waals surface area contributed by atoms with Crippen LogP contribution in [0.1, 0.15) is 0 Å².